The van der Waals surface area contributed by atoms with Gasteiger partial charge in [0.2, 0.25) is 0 Å². The fourth-order valence-corrected chi connectivity index (χ4v) is 4.94. The molecule has 0 fully saturated rings. The van der Waals surface area contributed by atoms with Crippen LogP contribution in [-0.2, 0) is 11.8 Å². The number of hydrogen-bond acceptors (Lipinski definition) is 0. The van der Waals surface area contributed by atoms with Crippen LogP contribution in [0.2, 0.25) is 0 Å². The zero-order valence-corrected chi connectivity index (χ0v) is 16.2. The molecule has 4 aromatic carbocycles. The third-order valence-corrected chi connectivity index (χ3v) is 6.06. The van der Waals surface area contributed by atoms with Gasteiger partial charge in [-0.2, -0.15) is 0 Å². The van der Waals surface area contributed by atoms with Crippen molar-refractivity contribution in [1.29, 1.82) is 0 Å². The predicted octanol–water partition coefficient (Wildman–Crippen LogP) is 7.00. The average molecular weight is 361 g/mol. The Kier molecular flexibility index (Phi) is 4.13. The van der Waals surface area contributed by atoms with Gasteiger partial charge in [0.1, 0.15) is 0 Å². The molecule has 5 rings (SSSR count). The summed E-state index contributed by atoms with van der Waals surface area (Å²) >= 11 is 0. The second-order valence-electron chi connectivity index (χ2n) is 7.66. The van der Waals surface area contributed by atoms with E-state index < -0.39 is 0 Å². The molecule has 0 aliphatic heterocycles. The van der Waals surface area contributed by atoms with Crippen LogP contribution in [0.4, 0.5) is 0 Å². The lowest BCUT2D eigenvalue weighted by atomic mass is 9.67. The molecule has 0 amide bonds. The van der Waals surface area contributed by atoms with E-state index in [1.165, 1.54) is 38.9 Å². The molecule has 1 aliphatic carbocycles. The van der Waals surface area contributed by atoms with Gasteiger partial charge in [0.15, 0.2) is 0 Å². The summed E-state index contributed by atoms with van der Waals surface area (Å²) in [5.74, 6) is 0. The largest absolute Gasteiger partial charge is 0.0713 e. The van der Waals surface area contributed by atoms with Gasteiger partial charge in [0.05, 0.1) is 5.41 Å². The van der Waals surface area contributed by atoms with Crippen molar-refractivity contribution in [2.45, 2.75) is 25.2 Å². The Bertz CT molecular complexity index is 1070. The van der Waals surface area contributed by atoms with E-state index >= 15 is 0 Å². The molecule has 0 spiro atoms. The van der Waals surface area contributed by atoms with Crippen LogP contribution in [0, 0.1) is 0 Å². The highest BCUT2D eigenvalue weighted by Gasteiger charge is 2.45. The van der Waals surface area contributed by atoms with Gasteiger partial charge < -0.3 is 0 Å². The van der Waals surface area contributed by atoms with Crippen molar-refractivity contribution in [2.75, 3.05) is 0 Å². The van der Waals surface area contributed by atoms with Crippen LogP contribution in [0.5, 0.6) is 0 Å². The number of rotatable bonds is 4. The molecular weight excluding hydrogens is 336 g/mol. The Morgan fingerprint density at radius 3 is 1.79 bits per heavy atom. The SMILES string of the molecule is CCCc1ccc2c(c1)C(c1ccccc1)(c1ccccc1)c1ccccc1-2. The maximum Gasteiger partial charge on any atom is 0.0713 e. The van der Waals surface area contributed by atoms with Crippen LogP contribution in [0.25, 0.3) is 11.1 Å². The normalized spacial score (nSPS) is 13.8. The van der Waals surface area contributed by atoms with E-state index in [0.29, 0.717) is 0 Å². The van der Waals surface area contributed by atoms with Gasteiger partial charge in [-0.3, -0.25) is 0 Å². The molecule has 28 heavy (non-hydrogen) atoms. The molecule has 0 unspecified atom stereocenters. The van der Waals surface area contributed by atoms with E-state index in [1.54, 1.807) is 0 Å². The Morgan fingerprint density at radius 2 is 1.14 bits per heavy atom. The van der Waals surface area contributed by atoms with Crippen molar-refractivity contribution in [1.82, 2.24) is 0 Å². The van der Waals surface area contributed by atoms with Gasteiger partial charge in [-0.05, 0) is 45.4 Å². The molecule has 0 saturated carbocycles. The van der Waals surface area contributed by atoms with Crippen LogP contribution in [0.15, 0.2) is 103 Å². The summed E-state index contributed by atoms with van der Waals surface area (Å²) < 4.78 is 0. The van der Waals surface area contributed by atoms with Crippen LogP contribution in [-0.4, -0.2) is 0 Å². The fourth-order valence-electron chi connectivity index (χ4n) is 4.94. The topological polar surface area (TPSA) is 0 Å². The second-order valence-corrected chi connectivity index (χ2v) is 7.66. The molecule has 0 radical (unpaired) electrons. The smallest absolute Gasteiger partial charge is 0.0651 e. The second kappa shape index (κ2) is 6.80. The Morgan fingerprint density at radius 1 is 0.571 bits per heavy atom. The minimum absolute atomic E-state index is 0.266. The van der Waals surface area contributed by atoms with Crippen molar-refractivity contribution >= 4 is 0 Å². The molecular formula is C28H24. The van der Waals surface area contributed by atoms with Gasteiger partial charge in [-0.25, -0.2) is 0 Å². The molecule has 0 aromatic heterocycles. The van der Waals surface area contributed by atoms with Crippen molar-refractivity contribution in [3.63, 3.8) is 0 Å². The molecule has 1 aliphatic rings. The number of hydrogen-bond donors (Lipinski definition) is 0. The van der Waals surface area contributed by atoms with E-state index in [1.807, 2.05) is 0 Å². The van der Waals surface area contributed by atoms with Crippen molar-refractivity contribution in [2.24, 2.45) is 0 Å². The quantitative estimate of drug-likeness (QED) is 0.323. The monoisotopic (exact) mass is 360 g/mol. The minimum Gasteiger partial charge on any atom is -0.0651 e. The summed E-state index contributed by atoms with van der Waals surface area (Å²) in [6, 6.07) is 38.0. The highest BCUT2D eigenvalue weighted by molar-refractivity contribution is 5.86. The molecule has 0 heteroatoms. The Balaban J connectivity index is 1.93. The zero-order chi connectivity index (χ0) is 19.0. The molecule has 136 valence electrons. The number of aryl methyl sites for hydroxylation is 1. The van der Waals surface area contributed by atoms with Crippen LogP contribution in [0.1, 0.15) is 41.2 Å². The maximum atomic E-state index is 2.46. The minimum atomic E-state index is -0.266. The Labute approximate surface area is 167 Å². The lowest BCUT2D eigenvalue weighted by molar-refractivity contribution is 0.765. The first-order chi connectivity index (χ1) is 13.9. The van der Waals surface area contributed by atoms with Gasteiger partial charge in [-0.15, -0.1) is 0 Å². The highest BCUT2D eigenvalue weighted by atomic mass is 14.5. The molecule has 0 saturated heterocycles. The first-order valence-corrected chi connectivity index (χ1v) is 10.2. The Hall–Kier alpha value is -3.12. The summed E-state index contributed by atoms with van der Waals surface area (Å²) in [6.45, 7) is 2.25. The molecule has 0 N–H and O–H groups in total. The number of fused-ring (bicyclic) bond motifs is 3. The van der Waals surface area contributed by atoms with Crippen LogP contribution < -0.4 is 0 Å². The highest BCUT2D eigenvalue weighted by Crippen LogP contribution is 2.56. The summed E-state index contributed by atoms with van der Waals surface area (Å²) in [4.78, 5) is 0. The molecule has 4 aromatic rings. The van der Waals surface area contributed by atoms with Crippen LogP contribution >= 0.6 is 0 Å². The van der Waals surface area contributed by atoms with Crippen LogP contribution in [0.3, 0.4) is 0 Å². The first kappa shape index (κ1) is 17.0. The number of benzene rings is 4. The van der Waals surface area contributed by atoms with Crippen molar-refractivity contribution in [3.05, 3.63) is 131 Å². The summed E-state index contributed by atoms with van der Waals surface area (Å²) in [7, 11) is 0. The van der Waals surface area contributed by atoms with E-state index in [4.69, 9.17) is 0 Å². The van der Waals surface area contributed by atoms with E-state index in [0.717, 1.165) is 12.8 Å². The maximum absolute atomic E-state index is 2.46. The van der Waals surface area contributed by atoms with E-state index in [9.17, 15) is 0 Å². The summed E-state index contributed by atoms with van der Waals surface area (Å²) in [5, 5.41) is 0. The van der Waals surface area contributed by atoms with E-state index in [2.05, 4.69) is 110 Å². The van der Waals surface area contributed by atoms with Gasteiger partial charge in [-0.1, -0.05) is 116 Å². The van der Waals surface area contributed by atoms with Crippen molar-refractivity contribution < 1.29 is 0 Å². The molecule has 0 bridgehead atoms. The lowest BCUT2D eigenvalue weighted by Crippen LogP contribution is -2.28. The standard InChI is InChI=1S/C28H24/c1-2-11-21-18-19-25-24-16-9-10-17-26(24)28(27(25)20-21,22-12-5-3-6-13-22)23-14-7-4-8-15-23/h3-10,12-20H,2,11H2,1H3. The molecule has 0 nitrogen and oxygen atoms in total. The zero-order valence-electron chi connectivity index (χ0n) is 16.2. The third-order valence-electron chi connectivity index (χ3n) is 6.06. The lowest BCUT2D eigenvalue weighted by Gasteiger charge is -2.34. The van der Waals surface area contributed by atoms with Gasteiger partial charge in [0, 0.05) is 0 Å². The third kappa shape index (κ3) is 2.38. The average Bonchev–Trinajstić information content (AvgIpc) is 3.06. The predicted molar refractivity (Wildman–Crippen MR) is 118 cm³/mol. The van der Waals surface area contributed by atoms with E-state index in [-0.39, 0.29) is 5.41 Å². The molecule has 0 atom stereocenters. The van der Waals surface area contributed by atoms with Gasteiger partial charge in [0.25, 0.3) is 0 Å². The first-order valence-electron chi connectivity index (χ1n) is 10.2. The summed E-state index contributed by atoms with van der Waals surface area (Å²) in [6.07, 6.45) is 2.28. The fraction of sp³-hybridized carbons (Fsp3) is 0.143. The van der Waals surface area contributed by atoms with Gasteiger partial charge >= 0.3 is 0 Å². The summed E-state index contributed by atoms with van der Waals surface area (Å²) in [5.41, 5.74) is 9.34. The van der Waals surface area contributed by atoms with Crippen molar-refractivity contribution in [3.8, 4) is 11.1 Å². The molecule has 0 heterocycles.